The molecule has 0 aliphatic rings. The molecule has 0 unspecified atom stereocenters. The largest absolute Gasteiger partial charge is 0.465 e. The number of hydrogen-bond donors (Lipinski definition) is 1. The Morgan fingerprint density at radius 1 is 1.19 bits per heavy atom. The summed E-state index contributed by atoms with van der Waals surface area (Å²) in [5.74, 6) is -0.431. The third-order valence-corrected chi connectivity index (χ3v) is 6.70. The van der Waals surface area contributed by atoms with E-state index in [0.29, 0.717) is 27.3 Å². The minimum absolute atomic E-state index is 0.411. The van der Waals surface area contributed by atoms with Crippen molar-refractivity contribution in [1.29, 1.82) is 0 Å². The molecule has 2 aromatic carbocycles. The lowest BCUT2D eigenvalue weighted by Gasteiger charge is -2.35. The first-order valence-electron chi connectivity index (χ1n) is 8.78. The fourth-order valence-electron chi connectivity index (χ4n) is 2.85. The van der Waals surface area contributed by atoms with E-state index in [2.05, 4.69) is 6.58 Å². The number of esters is 1. The second-order valence-corrected chi connectivity index (χ2v) is 8.29. The van der Waals surface area contributed by atoms with Crippen LogP contribution in [-0.4, -0.2) is 22.4 Å². The number of methoxy groups -OCH3 is 1. The second kappa shape index (κ2) is 8.63. The first-order valence-corrected chi connectivity index (χ1v) is 9.93. The number of aliphatic hydroxyl groups excluding tert-OH is 1. The molecule has 3 atom stereocenters. The molecule has 0 aliphatic carbocycles. The Morgan fingerprint density at radius 3 is 2.22 bits per heavy atom. The molecule has 27 heavy (non-hydrogen) atoms. The number of ether oxygens (including phenoxy) is 1. The van der Waals surface area contributed by atoms with Crippen LogP contribution in [-0.2, 0) is 15.5 Å². The first-order chi connectivity index (χ1) is 12.7. The molecule has 0 amide bonds. The van der Waals surface area contributed by atoms with Crippen molar-refractivity contribution in [2.24, 2.45) is 5.41 Å². The monoisotopic (exact) mass is 386 g/mol. The number of aliphatic hydroxyl groups is 1. The molecule has 0 bridgehead atoms. The molecular weight excluding hydrogens is 360 g/mol. The second-order valence-electron chi connectivity index (χ2n) is 6.79. The summed E-state index contributed by atoms with van der Waals surface area (Å²) in [6, 6.07) is 14.1. The van der Waals surface area contributed by atoms with Crippen molar-refractivity contribution in [3.63, 3.8) is 0 Å². The van der Waals surface area contributed by atoms with Crippen molar-refractivity contribution in [3.05, 3.63) is 76.7 Å². The lowest BCUT2D eigenvalue weighted by Crippen LogP contribution is -2.29. The zero-order chi connectivity index (χ0) is 20.2. The van der Waals surface area contributed by atoms with Crippen LogP contribution in [0.15, 0.2) is 64.9 Å². The summed E-state index contributed by atoms with van der Waals surface area (Å²) in [6.45, 7) is 9.83. The zero-order valence-corrected chi connectivity index (χ0v) is 17.0. The van der Waals surface area contributed by atoms with Crippen LogP contribution in [0.2, 0.25) is 0 Å². The molecule has 5 heteroatoms. The van der Waals surface area contributed by atoms with E-state index in [9.17, 15) is 14.1 Å². The predicted octanol–water partition coefficient (Wildman–Crippen LogP) is 4.55. The summed E-state index contributed by atoms with van der Waals surface area (Å²) in [6.07, 6.45) is -0.348. The predicted molar refractivity (Wildman–Crippen MR) is 108 cm³/mol. The Balaban J connectivity index is 2.31. The highest BCUT2D eigenvalue weighted by Crippen LogP contribution is 2.44. The number of carbonyl (C=O) groups excluding carboxylic acids is 1. The van der Waals surface area contributed by atoms with E-state index in [1.54, 1.807) is 24.3 Å². The average molecular weight is 387 g/mol. The smallest absolute Gasteiger partial charge is 0.337 e. The molecule has 144 valence electrons. The number of rotatable bonds is 7. The van der Waals surface area contributed by atoms with Crippen LogP contribution in [0.5, 0.6) is 0 Å². The fraction of sp³-hybridized carbons (Fsp3) is 0.318. The van der Waals surface area contributed by atoms with Crippen LogP contribution >= 0.6 is 0 Å². The van der Waals surface area contributed by atoms with Gasteiger partial charge in [-0.1, -0.05) is 50.3 Å². The van der Waals surface area contributed by atoms with Gasteiger partial charge in [0.15, 0.2) is 0 Å². The van der Waals surface area contributed by atoms with E-state index in [0.717, 1.165) is 5.56 Å². The van der Waals surface area contributed by atoms with E-state index in [1.807, 2.05) is 45.0 Å². The Hall–Kier alpha value is -2.24. The van der Waals surface area contributed by atoms with Gasteiger partial charge >= 0.3 is 5.97 Å². The fourth-order valence-corrected chi connectivity index (χ4v) is 4.19. The molecule has 1 N–H and O–H groups in total. The number of hydrogen-bond acceptors (Lipinski definition) is 4. The van der Waals surface area contributed by atoms with Crippen molar-refractivity contribution < 1.29 is 18.8 Å². The average Bonchev–Trinajstić information content (AvgIpc) is 2.71. The van der Waals surface area contributed by atoms with E-state index >= 15 is 0 Å². The summed E-state index contributed by atoms with van der Waals surface area (Å²) in [5.41, 5.74) is 1.34. The van der Waals surface area contributed by atoms with Crippen LogP contribution in [0.25, 0.3) is 0 Å². The third kappa shape index (κ3) is 4.37. The molecular formula is C22H26O4S. The summed E-state index contributed by atoms with van der Waals surface area (Å²) >= 11 is 0. The van der Waals surface area contributed by atoms with Gasteiger partial charge in [-0.25, -0.2) is 9.00 Å². The van der Waals surface area contributed by atoms with E-state index in [-0.39, 0.29) is 0 Å². The van der Waals surface area contributed by atoms with Gasteiger partial charge in [0, 0.05) is 15.2 Å². The van der Waals surface area contributed by atoms with E-state index in [4.69, 9.17) is 4.74 Å². The van der Waals surface area contributed by atoms with Crippen LogP contribution in [0.3, 0.4) is 0 Å². The minimum Gasteiger partial charge on any atom is -0.465 e. The Morgan fingerprint density at radius 2 is 1.74 bits per heavy atom. The van der Waals surface area contributed by atoms with Gasteiger partial charge in [-0.15, -0.1) is 0 Å². The molecule has 0 fully saturated rings. The van der Waals surface area contributed by atoms with Crippen molar-refractivity contribution >= 4 is 16.8 Å². The van der Waals surface area contributed by atoms with Crippen LogP contribution < -0.4 is 0 Å². The number of aryl methyl sites for hydroxylation is 1. The highest BCUT2D eigenvalue weighted by atomic mass is 32.2. The van der Waals surface area contributed by atoms with Gasteiger partial charge in [0.05, 0.1) is 29.6 Å². The maximum absolute atomic E-state index is 13.0. The minimum atomic E-state index is -1.44. The topological polar surface area (TPSA) is 63.6 Å². The Labute approximate surface area is 163 Å². The first kappa shape index (κ1) is 21.1. The Bertz CT molecular complexity index is 840. The van der Waals surface area contributed by atoms with Crippen molar-refractivity contribution in [2.45, 2.75) is 38.2 Å². The zero-order valence-electron chi connectivity index (χ0n) is 16.2. The van der Waals surface area contributed by atoms with Crippen LogP contribution in [0.4, 0.5) is 0 Å². The molecule has 0 saturated heterocycles. The van der Waals surface area contributed by atoms with Crippen molar-refractivity contribution in [1.82, 2.24) is 0 Å². The molecule has 2 aromatic rings. The normalized spacial score (nSPS) is 15.4. The highest BCUT2D eigenvalue weighted by molar-refractivity contribution is 7.89. The summed E-state index contributed by atoms with van der Waals surface area (Å²) in [7, 11) is -0.119. The third-order valence-electron chi connectivity index (χ3n) is 5.08. The van der Waals surface area contributed by atoms with E-state index in [1.165, 1.54) is 7.11 Å². The summed E-state index contributed by atoms with van der Waals surface area (Å²) in [5, 5.41) is 11.0. The van der Waals surface area contributed by atoms with Crippen LogP contribution in [0.1, 0.15) is 47.9 Å². The summed E-state index contributed by atoms with van der Waals surface area (Å²) < 4.78 is 17.7. The van der Waals surface area contributed by atoms with Crippen molar-refractivity contribution in [3.8, 4) is 0 Å². The van der Waals surface area contributed by atoms with Gasteiger partial charge in [-0.3, -0.25) is 0 Å². The molecule has 0 spiro atoms. The maximum atomic E-state index is 13.0. The standard InChI is InChI=1S/C22H26O4S/c1-6-22(4,16(3)27(25)19-13-7-15(2)8-14-19)20(23)17-9-11-18(12-10-17)21(24)26-5/h7-14,20,23H,3,6H2,1-2,4-5H3/t20-,22-,27-/m1/s1. The van der Waals surface area contributed by atoms with Gasteiger partial charge in [-0.2, -0.15) is 0 Å². The molecule has 0 heterocycles. The molecule has 0 saturated carbocycles. The number of carbonyl (C=O) groups is 1. The number of benzene rings is 2. The molecule has 4 nitrogen and oxygen atoms in total. The van der Waals surface area contributed by atoms with Crippen molar-refractivity contribution in [2.75, 3.05) is 7.11 Å². The van der Waals surface area contributed by atoms with Gasteiger partial charge in [-0.05, 0) is 43.2 Å². The Kier molecular flexibility index (Phi) is 6.73. The van der Waals surface area contributed by atoms with Gasteiger partial charge in [0.1, 0.15) is 0 Å². The lowest BCUT2D eigenvalue weighted by molar-refractivity contribution is 0.0596. The molecule has 0 radical (unpaired) electrons. The molecule has 0 aromatic heterocycles. The lowest BCUT2D eigenvalue weighted by atomic mass is 9.78. The summed E-state index contributed by atoms with van der Waals surface area (Å²) in [4.78, 5) is 12.7. The SMILES string of the molecule is C=C([S@@](=O)c1ccc(C)cc1)[C@@](C)(CC)[C@H](O)c1ccc(C(=O)OC)cc1. The molecule has 0 aliphatic heterocycles. The van der Waals surface area contributed by atoms with Gasteiger partial charge in [0.25, 0.3) is 0 Å². The quantitative estimate of drug-likeness (QED) is 0.709. The van der Waals surface area contributed by atoms with Gasteiger partial charge in [0.2, 0.25) is 0 Å². The highest BCUT2D eigenvalue weighted by Gasteiger charge is 2.38. The molecule has 2 rings (SSSR count). The van der Waals surface area contributed by atoms with Gasteiger partial charge < -0.3 is 9.84 Å². The van der Waals surface area contributed by atoms with E-state index < -0.39 is 28.3 Å². The maximum Gasteiger partial charge on any atom is 0.337 e. The van der Waals surface area contributed by atoms with Crippen LogP contribution in [0, 0.1) is 12.3 Å².